The topological polar surface area (TPSA) is 29.4 Å². The van der Waals surface area contributed by atoms with Gasteiger partial charge in [0.2, 0.25) is 0 Å². The zero-order valence-corrected chi connectivity index (χ0v) is 7.87. The number of hydrogen-bond donors (Lipinski definition) is 0. The van der Waals surface area contributed by atoms with Gasteiger partial charge in [0.05, 0.1) is 0 Å². The maximum Gasteiger partial charge on any atom is 0.106 e. The molecule has 66 valence electrons. The average molecular weight is 165 g/mol. The summed E-state index contributed by atoms with van der Waals surface area (Å²) in [6.45, 7) is 6.29. The smallest absolute Gasteiger partial charge is 0.106 e. The highest BCUT2D eigenvalue weighted by atomic mass is 16.3. The lowest BCUT2D eigenvalue weighted by Crippen LogP contribution is -1.79. The number of nitrogens with zero attached hydrogens (tertiary/aromatic N) is 1. The molecule has 0 radical (unpaired) electrons. The molecule has 1 aromatic rings. The Morgan fingerprint density at radius 3 is 2.08 bits per heavy atom. The highest BCUT2D eigenvalue weighted by molar-refractivity contribution is 5.20. The van der Waals surface area contributed by atoms with Gasteiger partial charge in [-0.15, -0.1) is 0 Å². The lowest BCUT2D eigenvalue weighted by molar-refractivity contribution is 1.05. The van der Waals surface area contributed by atoms with Gasteiger partial charge in [-0.3, -0.25) is 0 Å². The van der Waals surface area contributed by atoms with Crippen LogP contribution in [0.2, 0.25) is 0 Å². The molecule has 0 aliphatic heterocycles. The van der Waals surface area contributed by atoms with Gasteiger partial charge in [0.25, 0.3) is 0 Å². The summed E-state index contributed by atoms with van der Waals surface area (Å²) in [6.07, 6.45) is 0. The van der Waals surface area contributed by atoms with Crippen LogP contribution in [0.15, 0.2) is 29.4 Å². The van der Waals surface area contributed by atoms with Crippen LogP contribution in [0, 0.1) is 11.8 Å². The van der Waals surface area contributed by atoms with E-state index in [2.05, 4.69) is 5.18 Å². The van der Waals surface area contributed by atoms with Crippen LogP contribution in [0.5, 0.6) is 0 Å². The first-order valence-electron chi connectivity index (χ1n) is 4.17. The third-order valence-electron chi connectivity index (χ3n) is 1.37. The second kappa shape index (κ2) is 6.53. The maximum atomic E-state index is 9.81. The summed E-state index contributed by atoms with van der Waals surface area (Å²) in [5.74, 6) is 0. The highest BCUT2D eigenvalue weighted by Gasteiger charge is 1.88. The number of aryl methyl sites for hydroxylation is 1. The van der Waals surface area contributed by atoms with Crippen molar-refractivity contribution in [3.8, 4) is 0 Å². The largest absolute Gasteiger partial charge is 0.150 e. The van der Waals surface area contributed by atoms with Crippen molar-refractivity contribution in [2.24, 2.45) is 5.18 Å². The summed E-state index contributed by atoms with van der Waals surface area (Å²) in [4.78, 5) is 9.81. The van der Waals surface area contributed by atoms with Gasteiger partial charge in [0, 0.05) is 0 Å². The van der Waals surface area contributed by atoms with Gasteiger partial charge in [-0.1, -0.05) is 48.9 Å². The molecule has 0 atom stereocenters. The summed E-state index contributed by atoms with van der Waals surface area (Å²) in [5, 5.41) is 2.79. The van der Waals surface area contributed by atoms with Gasteiger partial charge in [0.1, 0.15) is 6.54 Å². The molecule has 0 saturated heterocycles. The van der Waals surface area contributed by atoms with E-state index in [9.17, 15) is 4.91 Å². The fraction of sp³-hybridized carbons (Fsp3) is 0.400. The maximum absolute atomic E-state index is 9.81. The van der Waals surface area contributed by atoms with E-state index in [1.165, 1.54) is 5.56 Å². The van der Waals surface area contributed by atoms with Gasteiger partial charge in [0.15, 0.2) is 0 Å². The molecule has 0 heterocycles. The molecule has 2 heteroatoms. The van der Waals surface area contributed by atoms with Crippen molar-refractivity contribution in [3.63, 3.8) is 0 Å². The lowest BCUT2D eigenvalue weighted by atomic mass is 10.2. The Bertz CT molecular complexity index is 216. The first kappa shape index (κ1) is 10.8. The summed E-state index contributed by atoms with van der Waals surface area (Å²) in [7, 11) is 0. The van der Waals surface area contributed by atoms with E-state index in [0.717, 1.165) is 5.56 Å². The van der Waals surface area contributed by atoms with E-state index in [0.29, 0.717) is 0 Å². The Morgan fingerprint density at radius 1 is 1.17 bits per heavy atom. The van der Waals surface area contributed by atoms with Crippen molar-refractivity contribution >= 4 is 0 Å². The summed E-state index contributed by atoms with van der Waals surface area (Å²) in [6, 6.07) is 7.77. The van der Waals surface area contributed by atoms with E-state index in [4.69, 9.17) is 0 Å². The van der Waals surface area contributed by atoms with Gasteiger partial charge in [-0.25, -0.2) is 0 Å². The minimum Gasteiger partial charge on any atom is -0.150 e. The molecule has 1 aromatic carbocycles. The van der Waals surface area contributed by atoms with Crippen LogP contribution in [-0.2, 0) is 6.54 Å². The normalized spacial score (nSPS) is 8.25. The van der Waals surface area contributed by atoms with Crippen LogP contribution in [-0.4, -0.2) is 0 Å². The zero-order valence-electron chi connectivity index (χ0n) is 7.87. The number of rotatable bonds is 2. The summed E-state index contributed by atoms with van der Waals surface area (Å²) in [5.41, 5.74) is 2.18. The van der Waals surface area contributed by atoms with Crippen molar-refractivity contribution < 1.29 is 0 Å². The quantitative estimate of drug-likeness (QED) is 0.618. The van der Waals surface area contributed by atoms with Crippen LogP contribution in [0.3, 0.4) is 0 Å². The van der Waals surface area contributed by atoms with E-state index in [-0.39, 0.29) is 6.54 Å². The Hall–Kier alpha value is -1.18. The van der Waals surface area contributed by atoms with E-state index in [1.54, 1.807) is 0 Å². The minimum atomic E-state index is 0.278. The zero-order chi connectivity index (χ0) is 9.40. The van der Waals surface area contributed by atoms with Crippen LogP contribution in [0.1, 0.15) is 25.0 Å². The van der Waals surface area contributed by atoms with Gasteiger partial charge in [-0.05, 0) is 12.5 Å². The second-order valence-electron chi connectivity index (χ2n) is 2.27. The van der Waals surface area contributed by atoms with Crippen LogP contribution in [0.4, 0.5) is 0 Å². The summed E-state index contributed by atoms with van der Waals surface area (Å²) >= 11 is 0. The molecule has 1 rings (SSSR count). The van der Waals surface area contributed by atoms with Gasteiger partial charge in [-0.2, -0.15) is 4.91 Å². The van der Waals surface area contributed by atoms with Crippen LogP contribution < -0.4 is 0 Å². The molecule has 2 nitrogen and oxygen atoms in total. The van der Waals surface area contributed by atoms with Gasteiger partial charge >= 0.3 is 0 Å². The lowest BCUT2D eigenvalue weighted by Gasteiger charge is -1.93. The predicted octanol–water partition coefficient (Wildman–Crippen LogP) is 3.29. The molecule has 0 amide bonds. The number of nitroso groups, excluding NO2 is 1. The third-order valence-corrected chi connectivity index (χ3v) is 1.37. The average Bonchev–Trinajstić information content (AvgIpc) is 2.13. The second-order valence-corrected chi connectivity index (χ2v) is 2.27. The van der Waals surface area contributed by atoms with E-state index >= 15 is 0 Å². The van der Waals surface area contributed by atoms with Crippen LogP contribution in [0.25, 0.3) is 0 Å². The molecule has 0 aromatic heterocycles. The molecule has 0 fully saturated rings. The van der Waals surface area contributed by atoms with Crippen molar-refractivity contribution in [1.82, 2.24) is 0 Å². The molecule has 0 aliphatic rings. The highest BCUT2D eigenvalue weighted by Crippen LogP contribution is 2.03. The Balaban J connectivity index is 0.000000561. The van der Waals surface area contributed by atoms with Crippen LogP contribution >= 0.6 is 0 Å². The van der Waals surface area contributed by atoms with Crippen molar-refractivity contribution in [3.05, 3.63) is 40.3 Å². The molecule has 0 N–H and O–H groups in total. The molecule has 0 spiro atoms. The monoisotopic (exact) mass is 165 g/mol. The molecule has 0 aliphatic carbocycles. The molecule has 0 saturated carbocycles. The molecule has 12 heavy (non-hydrogen) atoms. The Morgan fingerprint density at radius 2 is 1.67 bits per heavy atom. The number of hydrogen-bond acceptors (Lipinski definition) is 2. The molecular weight excluding hydrogens is 150 g/mol. The Labute approximate surface area is 73.6 Å². The first-order valence-corrected chi connectivity index (χ1v) is 4.17. The molecule has 0 unspecified atom stereocenters. The van der Waals surface area contributed by atoms with Gasteiger partial charge < -0.3 is 0 Å². The Kier molecular flexibility index (Phi) is 5.88. The first-order chi connectivity index (χ1) is 5.83. The van der Waals surface area contributed by atoms with Crippen molar-refractivity contribution in [2.75, 3.05) is 0 Å². The third kappa shape index (κ3) is 3.86. The summed E-state index contributed by atoms with van der Waals surface area (Å²) < 4.78 is 0. The predicted molar refractivity (Wildman–Crippen MR) is 52.0 cm³/mol. The fourth-order valence-electron chi connectivity index (χ4n) is 0.768. The molecular formula is C10H15NO. The minimum absolute atomic E-state index is 0.278. The number of benzene rings is 1. The van der Waals surface area contributed by atoms with Crippen molar-refractivity contribution in [1.29, 1.82) is 0 Å². The SMILES string of the molecule is CC.Cc1ccc(CN=O)cc1. The van der Waals surface area contributed by atoms with E-state index < -0.39 is 0 Å². The van der Waals surface area contributed by atoms with Crippen molar-refractivity contribution in [2.45, 2.75) is 27.3 Å². The standard InChI is InChI=1S/C8H9NO.C2H6/c1-7-2-4-8(5-3-7)6-9-10;1-2/h2-5H,6H2,1H3;1-2H3. The molecule has 0 bridgehead atoms. The fourth-order valence-corrected chi connectivity index (χ4v) is 0.768. The van der Waals surface area contributed by atoms with E-state index in [1.807, 2.05) is 45.0 Å².